The smallest absolute Gasteiger partial charge is 0.228 e. The molecule has 1 amide bonds. The van der Waals surface area contributed by atoms with Crippen molar-refractivity contribution in [1.82, 2.24) is 9.78 Å². The quantitative estimate of drug-likeness (QED) is 0.946. The molecule has 0 unspecified atom stereocenters. The van der Waals surface area contributed by atoms with Crippen molar-refractivity contribution in [1.29, 1.82) is 0 Å². The highest BCUT2D eigenvalue weighted by molar-refractivity contribution is 7.83. The van der Waals surface area contributed by atoms with Crippen LogP contribution in [0.15, 0.2) is 24.3 Å². The van der Waals surface area contributed by atoms with Crippen molar-refractivity contribution >= 4 is 22.5 Å². The number of fused-ring (bicyclic) bond motifs is 1. The van der Waals surface area contributed by atoms with E-state index >= 15 is 0 Å². The van der Waals surface area contributed by atoms with Gasteiger partial charge in [0.1, 0.15) is 5.82 Å². The highest BCUT2D eigenvalue weighted by Crippen LogP contribution is 2.31. The van der Waals surface area contributed by atoms with Crippen LogP contribution < -0.4 is 5.32 Å². The Hall–Kier alpha value is -1.95. The van der Waals surface area contributed by atoms with Gasteiger partial charge in [0.15, 0.2) is 0 Å². The lowest BCUT2D eigenvalue weighted by atomic mass is 10.2. The van der Waals surface area contributed by atoms with E-state index in [1.807, 2.05) is 45.0 Å². The van der Waals surface area contributed by atoms with Crippen LogP contribution in [0.3, 0.4) is 0 Å². The fourth-order valence-electron chi connectivity index (χ4n) is 2.39. The van der Waals surface area contributed by atoms with Gasteiger partial charge in [0.2, 0.25) is 5.91 Å². The standard InChI is InChI=1S/C16H19N3O2S/c1-10(2)16(20)17-15-13-8-22(21)9-14(13)18-19(15)12-6-4-11(3)5-7-12/h4-7,10H,8-9H2,1-3H3,(H,17,20)/t22-/m1/s1. The van der Waals surface area contributed by atoms with Crippen molar-refractivity contribution in [2.75, 3.05) is 5.32 Å². The van der Waals surface area contributed by atoms with Gasteiger partial charge in [0, 0.05) is 22.3 Å². The minimum Gasteiger partial charge on any atom is -0.310 e. The van der Waals surface area contributed by atoms with Gasteiger partial charge >= 0.3 is 0 Å². The number of carbonyl (C=O) groups excluding carboxylic acids is 1. The largest absolute Gasteiger partial charge is 0.310 e. The molecule has 5 nitrogen and oxygen atoms in total. The van der Waals surface area contributed by atoms with Crippen LogP contribution >= 0.6 is 0 Å². The lowest BCUT2D eigenvalue weighted by molar-refractivity contribution is -0.118. The summed E-state index contributed by atoms with van der Waals surface area (Å²) >= 11 is 0. The van der Waals surface area contributed by atoms with E-state index in [0.29, 0.717) is 17.3 Å². The van der Waals surface area contributed by atoms with E-state index in [1.165, 1.54) is 0 Å². The van der Waals surface area contributed by atoms with Crippen LogP contribution in [0.25, 0.3) is 5.69 Å². The molecule has 2 aromatic rings. The number of aryl methyl sites for hydroxylation is 1. The van der Waals surface area contributed by atoms with Gasteiger partial charge in [-0.2, -0.15) is 5.10 Å². The Morgan fingerprint density at radius 2 is 1.95 bits per heavy atom. The van der Waals surface area contributed by atoms with Crippen molar-refractivity contribution in [3.8, 4) is 5.69 Å². The van der Waals surface area contributed by atoms with Gasteiger partial charge in [-0.3, -0.25) is 9.00 Å². The molecule has 1 aromatic carbocycles. The number of rotatable bonds is 3. The first-order valence-electron chi connectivity index (χ1n) is 7.29. The second-order valence-electron chi connectivity index (χ2n) is 5.89. The maximum Gasteiger partial charge on any atom is 0.228 e. The van der Waals surface area contributed by atoms with Gasteiger partial charge in [-0.25, -0.2) is 4.68 Å². The molecule has 1 aliphatic rings. The second-order valence-corrected chi connectivity index (χ2v) is 7.35. The Bertz CT molecular complexity index is 747. The molecule has 0 fully saturated rings. The average Bonchev–Trinajstić information content (AvgIpc) is 2.97. The fraction of sp³-hybridized carbons (Fsp3) is 0.375. The number of nitrogens with one attached hydrogen (secondary N) is 1. The molecule has 0 spiro atoms. The Kier molecular flexibility index (Phi) is 3.87. The van der Waals surface area contributed by atoms with E-state index in [2.05, 4.69) is 10.4 Å². The lowest BCUT2D eigenvalue weighted by Gasteiger charge is -2.12. The predicted octanol–water partition coefficient (Wildman–Crippen LogP) is 2.54. The normalized spacial score (nSPS) is 16.8. The first kappa shape index (κ1) is 15.0. The highest BCUT2D eigenvalue weighted by atomic mass is 32.2. The lowest BCUT2D eigenvalue weighted by Crippen LogP contribution is -2.21. The first-order valence-corrected chi connectivity index (χ1v) is 8.78. The third kappa shape index (κ3) is 2.70. The summed E-state index contributed by atoms with van der Waals surface area (Å²) in [5, 5.41) is 7.51. The summed E-state index contributed by atoms with van der Waals surface area (Å²) in [5.74, 6) is 1.38. The number of anilines is 1. The van der Waals surface area contributed by atoms with Crippen LogP contribution in [0.1, 0.15) is 30.7 Å². The summed E-state index contributed by atoms with van der Waals surface area (Å²) in [4.78, 5) is 12.1. The van der Waals surface area contributed by atoms with Crippen LogP contribution in [0.5, 0.6) is 0 Å². The second kappa shape index (κ2) is 5.68. The van der Waals surface area contributed by atoms with Crippen molar-refractivity contribution in [2.45, 2.75) is 32.3 Å². The Morgan fingerprint density at radius 3 is 2.59 bits per heavy atom. The third-order valence-corrected chi connectivity index (χ3v) is 4.92. The zero-order valence-electron chi connectivity index (χ0n) is 12.9. The van der Waals surface area contributed by atoms with E-state index in [1.54, 1.807) is 4.68 Å². The van der Waals surface area contributed by atoms with Crippen molar-refractivity contribution in [2.24, 2.45) is 5.92 Å². The predicted molar refractivity (Wildman–Crippen MR) is 87.3 cm³/mol. The Morgan fingerprint density at radius 1 is 1.27 bits per heavy atom. The van der Waals surface area contributed by atoms with E-state index in [0.717, 1.165) is 22.5 Å². The van der Waals surface area contributed by atoms with Gasteiger partial charge < -0.3 is 5.32 Å². The molecular formula is C16H19N3O2S. The molecule has 0 radical (unpaired) electrons. The minimum atomic E-state index is -0.919. The van der Waals surface area contributed by atoms with Crippen LogP contribution in [0, 0.1) is 12.8 Å². The van der Waals surface area contributed by atoms with Gasteiger partial charge in [0.05, 0.1) is 22.9 Å². The number of hydrogen-bond donors (Lipinski definition) is 1. The maximum absolute atomic E-state index is 12.1. The number of aromatic nitrogens is 2. The molecule has 116 valence electrons. The highest BCUT2D eigenvalue weighted by Gasteiger charge is 2.28. The summed E-state index contributed by atoms with van der Waals surface area (Å²) in [7, 11) is -0.919. The van der Waals surface area contributed by atoms with Crippen molar-refractivity contribution in [3.63, 3.8) is 0 Å². The van der Waals surface area contributed by atoms with Gasteiger partial charge in [-0.1, -0.05) is 31.5 Å². The molecule has 0 bridgehead atoms. The summed E-state index contributed by atoms with van der Waals surface area (Å²) in [5.41, 5.74) is 3.77. The van der Waals surface area contributed by atoms with Crippen molar-refractivity contribution in [3.05, 3.63) is 41.1 Å². The molecule has 22 heavy (non-hydrogen) atoms. The van der Waals surface area contributed by atoms with Crippen LogP contribution in [0.2, 0.25) is 0 Å². The molecule has 1 N–H and O–H groups in total. The molecule has 6 heteroatoms. The van der Waals surface area contributed by atoms with Crippen LogP contribution in [-0.4, -0.2) is 19.9 Å². The topological polar surface area (TPSA) is 64.0 Å². The monoisotopic (exact) mass is 317 g/mol. The Balaban J connectivity index is 2.06. The van der Waals surface area contributed by atoms with Gasteiger partial charge in [0.25, 0.3) is 0 Å². The molecule has 3 rings (SSSR count). The zero-order chi connectivity index (χ0) is 15.9. The third-order valence-electron chi connectivity index (χ3n) is 3.71. The average molecular weight is 317 g/mol. The molecule has 0 aliphatic carbocycles. The Labute approximate surface area is 132 Å². The molecule has 2 heterocycles. The molecular weight excluding hydrogens is 298 g/mol. The molecule has 0 saturated heterocycles. The van der Waals surface area contributed by atoms with Gasteiger partial charge in [-0.05, 0) is 19.1 Å². The number of hydrogen-bond acceptors (Lipinski definition) is 3. The zero-order valence-corrected chi connectivity index (χ0v) is 13.7. The first-order chi connectivity index (χ1) is 10.5. The maximum atomic E-state index is 12.1. The molecule has 1 aromatic heterocycles. The molecule has 1 aliphatic heterocycles. The van der Waals surface area contributed by atoms with E-state index in [9.17, 15) is 9.00 Å². The van der Waals surface area contributed by atoms with E-state index < -0.39 is 10.8 Å². The fourth-order valence-corrected chi connectivity index (χ4v) is 3.65. The van der Waals surface area contributed by atoms with E-state index in [-0.39, 0.29) is 11.8 Å². The van der Waals surface area contributed by atoms with E-state index in [4.69, 9.17) is 0 Å². The minimum absolute atomic E-state index is 0.0613. The van der Waals surface area contributed by atoms with Gasteiger partial charge in [-0.15, -0.1) is 0 Å². The van der Waals surface area contributed by atoms with Crippen LogP contribution in [-0.2, 0) is 27.1 Å². The summed E-state index contributed by atoms with van der Waals surface area (Å²) in [6.45, 7) is 5.72. The number of amides is 1. The number of nitrogens with zero attached hydrogens (tertiary/aromatic N) is 2. The number of carbonyl (C=O) groups is 1. The molecule has 1 atom stereocenters. The summed E-state index contributed by atoms with van der Waals surface area (Å²) in [6, 6.07) is 7.96. The molecule has 0 saturated carbocycles. The van der Waals surface area contributed by atoms with Crippen molar-refractivity contribution < 1.29 is 9.00 Å². The SMILES string of the molecule is Cc1ccc(-n2nc3c(c2NC(=O)C(C)C)C[S@@](=O)C3)cc1. The summed E-state index contributed by atoms with van der Waals surface area (Å²) < 4.78 is 13.5. The van der Waals surface area contributed by atoms with Crippen LogP contribution in [0.4, 0.5) is 5.82 Å². The summed E-state index contributed by atoms with van der Waals surface area (Å²) in [6.07, 6.45) is 0. The number of benzene rings is 1.